The topological polar surface area (TPSA) is 91.4 Å². The van der Waals surface area contributed by atoms with Crippen LogP contribution < -0.4 is 5.32 Å². The van der Waals surface area contributed by atoms with E-state index in [1.54, 1.807) is 0 Å². The Bertz CT molecular complexity index is 755. The second-order valence-electron chi connectivity index (χ2n) is 5.37. The first-order valence-corrected chi connectivity index (χ1v) is 7.83. The van der Waals surface area contributed by atoms with Gasteiger partial charge in [-0.1, -0.05) is 0 Å². The average molecular weight is 344 g/mol. The molecule has 1 aliphatic heterocycles. The number of H-pyrrole nitrogens is 1. The summed E-state index contributed by atoms with van der Waals surface area (Å²) in [6.45, 7) is -0.289. The highest BCUT2D eigenvalue weighted by molar-refractivity contribution is 7.17. The summed E-state index contributed by atoms with van der Waals surface area (Å²) in [4.78, 5) is 25.9. The summed E-state index contributed by atoms with van der Waals surface area (Å²) in [5.41, 5.74) is 0.588. The Morgan fingerprint density at radius 2 is 2.30 bits per heavy atom. The highest BCUT2D eigenvalue weighted by atomic mass is 32.1. The molecule has 1 amide bonds. The molecule has 1 aliphatic rings. The molecule has 0 bridgehead atoms. The molecule has 6 nitrogen and oxygen atoms in total. The molecule has 3 heterocycles. The summed E-state index contributed by atoms with van der Waals surface area (Å²) in [6.07, 6.45) is -0.353. The summed E-state index contributed by atoms with van der Waals surface area (Å²) in [5, 5.41) is 13.0. The molecule has 0 spiro atoms. The van der Waals surface area contributed by atoms with Gasteiger partial charge in [0.1, 0.15) is 5.69 Å². The monoisotopic (exact) mass is 344 g/mol. The van der Waals surface area contributed by atoms with Gasteiger partial charge in [-0.05, 0) is 6.07 Å². The van der Waals surface area contributed by atoms with Crippen molar-refractivity contribution in [2.45, 2.75) is 12.3 Å². The molecular formula is C14H14F2N2O4S. The van der Waals surface area contributed by atoms with Crippen molar-refractivity contribution in [1.29, 1.82) is 0 Å². The Balaban J connectivity index is 1.70. The van der Waals surface area contributed by atoms with Crippen LogP contribution in [0.25, 0.3) is 10.2 Å². The van der Waals surface area contributed by atoms with Crippen LogP contribution >= 0.6 is 11.3 Å². The molecule has 9 heteroatoms. The largest absolute Gasteiger partial charge is 0.478 e. The first-order valence-electron chi connectivity index (χ1n) is 6.96. The number of nitrogens with one attached hydrogen (secondary N) is 2. The van der Waals surface area contributed by atoms with Crippen molar-refractivity contribution in [3.05, 3.63) is 22.7 Å². The lowest BCUT2D eigenvalue weighted by molar-refractivity contribution is -0.138. The van der Waals surface area contributed by atoms with E-state index in [1.807, 2.05) is 0 Å². The SMILES string of the molecule is O=C(NCC1COCCC1(F)F)c1cc2scc(C(=O)O)c2[nH]1. The highest BCUT2D eigenvalue weighted by Gasteiger charge is 2.42. The number of aromatic amines is 1. The van der Waals surface area contributed by atoms with Crippen molar-refractivity contribution < 1.29 is 28.2 Å². The van der Waals surface area contributed by atoms with Crippen LogP contribution in [0.15, 0.2) is 11.4 Å². The van der Waals surface area contributed by atoms with E-state index >= 15 is 0 Å². The van der Waals surface area contributed by atoms with Gasteiger partial charge >= 0.3 is 5.97 Å². The molecule has 124 valence electrons. The lowest BCUT2D eigenvalue weighted by atomic mass is 9.97. The number of carboxylic acids is 1. The maximum absolute atomic E-state index is 13.7. The number of amides is 1. The predicted molar refractivity (Wildman–Crippen MR) is 79.3 cm³/mol. The zero-order valence-electron chi connectivity index (χ0n) is 11.9. The zero-order chi connectivity index (χ0) is 16.6. The molecule has 0 aromatic carbocycles. The fourth-order valence-electron chi connectivity index (χ4n) is 2.47. The molecule has 2 aromatic heterocycles. The molecule has 3 N–H and O–H groups in total. The van der Waals surface area contributed by atoms with E-state index in [9.17, 15) is 18.4 Å². The number of alkyl halides is 2. The summed E-state index contributed by atoms with van der Waals surface area (Å²) >= 11 is 1.19. The molecule has 23 heavy (non-hydrogen) atoms. The number of fused-ring (bicyclic) bond motifs is 1. The number of thiophene rings is 1. The summed E-state index contributed by atoms with van der Waals surface area (Å²) < 4.78 is 33.0. The third kappa shape index (κ3) is 3.06. The number of aromatic nitrogens is 1. The third-order valence-electron chi connectivity index (χ3n) is 3.83. The van der Waals surface area contributed by atoms with E-state index in [0.717, 1.165) is 0 Å². The lowest BCUT2D eigenvalue weighted by Crippen LogP contribution is -2.45. The number of aromatic carboxylic acids is 1. The fourth-order valence-corrected chi connectivity index (χ4v) is 3.40. The lowest BCUT2D eigenvalue weighted by Gasteiger charge is -2.31. The van der Waals surface area contributed by atoms with E-state index in [1.165, 1.54) is 22.8 Å². The van der Waals surface area contributed by atoms with Crippen LogP contribution in [0, 0.1) is 5.92 Å². The predicted octanol–water partition coefficient (Wildman–Crippen LogP) is 2.33. The van der Waals surface area contributed by atoms with Crippen LogP contribution in [-0.4, -0.2) is 47.6 Å². The van der Waals surface area contributed by atoms with Crippen molar-refractivity contribution in [2.24, 2.45) is 5.92 Å². The van der Waals surface area contributed by atoms with Gasteiger partial charge in [-0.3, -0.25) is 4.79 Å². The molecule has 1 fully saturated rings. The number of carboxylic acid groups (broad SMARTS) is 1. The van der Waals surface area contributed by atoms with Crippen molar-refractivity contribution in [2.75, 3.05) is 19.8 Å². The molecule has 1 saturated heterocycles. The molecule has 3 rings (SSSR count). The number of halogens is 2. The van der Waals surface area contributed by atoms with Gasteiger partial charge in [0, 0.05) is 18.3 Å². The van der Waals surface area contributed by atoms with Crippen molar-refractivity contribution in [1.82, 2.24) is 10.3 Å². The minimum absolute atomic E-state index is 0.0162. The van der Waals surface area contributed by atoms with Gasteiger partial charge in [-0.15, -0.1) is 11.3 Å². The van der Waals surface area contributed by atoms with Crippen LogP contribution in [0.2, 0.25) is 0 Å². The maximum atomic E-state index is 13.7. The maximum Gasteiger partial charge on any atom is 0.338 e. The molecule has 1 unspecified atom stereocenters. The minimum atomic E-state index is -2.86. The van der Waals surface area contributed by atoms with Gasteiger partial charge in [0.25, 0.3) is 11.8 Å². The Morgan fingerprint density at radius 1 is 1.52 bits per heavy atom. The van der Waals surface area contributed by atoms with Crippen LogP contribution in [0.3, 0.4) is 0 Å². The molecule has 2 aromatic rings. The Labute approximate surface area is 133 Å². The smallest absolute Gasteiger partial charge is 0.338 e. The Morgan fingerprint density at radius 3 is 3.00 bits per heavy atom. The van der Waals surface area contributed by atoms with Gasteiger partial charge in [-0.25, -0.2) is 13.6 Å². The van der Waals surface area contributed by atoms with E-state index < -0.39 is 23.7 Å². The van der Waals surface area contributed by atoms with E-state index in [4.69, 9.17) is 9.84 Å². The van der Waals surface area contributed by atoms with E-state index in [0.29, 0.717) is 10.2 Å². The number of hydrogen-bond donors (Lipinski definition) is 3. The van der Waals surface area contributed by atoms with E-state index in [2.05, 4.69) is 10.3 Å². The number of ether oxygens (including phenoxy) is 1. The van der Waals surface area contributed by atoms with Gasteiger partial charge in [0.15, 0.2) is 0 Å². The minimum Gasteiger partial charge on any atom is -0.478 e. The van der Waals surface area contributed by atoms with Crippen LogP contribution in [-0.2, 0) is 4.74 Å². The molecule has 1 atom stereocenters. The first kappa shape index (κ1) is 15.9. The fraction of sp³-hybridized carbons (Fsp3) is 0.429. The Hall–Kier alpha value is -2.00. The zero-order valence-corrected chi connectivity index (χ0v) is 12.7. The van der Waals surface area contributed by atoms with Gasteiger partial charge in [0.05, 0.1) is 34.9 Å². The van der Waals surface area contributed by atoms with Crippen LogP contribution in [0.1, 0.15) is 27.3 Å². The van der Waals surface area contributed by atoms with E-state index in [-0.39, 0.29) is 37.4 Å². The molecular weight excluding hydrogens is 330 g/mol. The van der Waals surface area contributed by atoms with Crippen molar-refractivity contribution in [3.63, 3.8) is 0 Å². The molecule has 0 radical (unpaired) electrons. The quantitative estimate of drug-likeness (QED) is 0.794. The summed E-state index contributed by atoms with van der Waals surface area (Å²) in [7, 11) is 0. The second-order valence-corrected chi connectivity index (χ2v) is 6.28. The summed E-state index contributed by atoms with van der Waals surface area (Å²) in [6, 6.07) is 1.51. The van der Waals surface area contributed by atoms with Crippen LogP contribution in [0.5, 0.6) is 0 Å². The average Bonchev–Trinajstić information content (AvgIpc) is 3.04. The third-order valence-corrected chi connectivity index (χ3v) is 4.76. The highest BCUT2D eigenvalue weighted by Crippen LogP contribution is 2.32. The van der Waals surface area contributed by atoms with Gasteiger partial charge < -0.3 is 20.1 Å². The first-order chi connectivity index (χ1) is 10.9. The molecule has 0 aliphatic carbocycles. The number of hydrogen-bond acceptors (Lipinski definition) is 4. The van der Waals surface area contributed by atoms with Gasteiger partial charge in [-0.2, -0.15) is 0 Å². The number of carbonyl (C=O) groups is 2. The normalized spacial score (nSPS) is 20.5. The molecule has 0 saturated carbocycles. The standard InChI is InChI=1S/C14H14F2N2O4S/c15-14(16)1-2-22-5-7(14)4-17-12(19)9-3-10-11(18-9)8(6-23-10)13(20)21/h3,6-7,18H,1-2,4-5H2,(H,17,19)(H,20,21). The van der Waals surface area contributed by atoms with Crippen LogP contribution in [0.4, 0.5) is 8.78 Å². The number of carbonyl (C=O) groups excluding carboxylic acids is 1. The van der Waals surface area contributed by atoms with Crippen molar-refractivity contribution in [3.8, 4) is 0 Å². The van der Waals surface area contributed by atoms with Crippen molar-refractivity contribution >= 4 is 33.4 Å². The summed E-state index contributed by atoms with van der Waals surface area (Å²) in [5.74, 6) is -5.57. The second kappa shape index (κ2) is 5.89. The Kier molecular flexibility index (Phi) is 4.07. The van der Waals surface area contributed by atoms with Gasteiger partial charge in [0.2, 0.25) is 0 Å². The number of rotatable bonds is 4.